The zero-order valence-corrected chi connectivity index (χ0v) is 14.1. The Bertz CT molecular complexity index is 781. The summed E-state index contributed by atoms with van der Waals surface area (Å²) in [6, 6.07) is 15.6. The molecule has 4 heteroatoms. The van der Waals surface area contributed by atoms with Crippen LogP contribution in [0.25, 0.3) is 5.57 Å². The molecule has 1 aliphatic heterocycles. The lowest BCUT2D eigenvalue weighted by Crippen LogP contribution is -2.33. The Hall–Kier alpha value is -2.75. The number of ether oxygens (including phenoxy) is 2. The number of carbonyl (C=O) groups excluding carboxylic acids is 1. The Morgan fingerprint density at radius 1 is 1.00 bits per heavy atom. The maximum Gasteiger partial charge on any atom is 0.252 e. The summed E-state index contributed by atoms with van der Waals surface area (Å²) in [6.45, 7) is 2.01. The number of hydrogen-bond donors (Lipinski definition) is 1. The maximum atomic E-state index is 12.7. The summed E-state index contributed by atoms with van der Waals surface area (Å²) in [6.07, 6.45) is 0.791. The fourth-order valence-electron chi connectivity index (χ4n) is 3.14. The quantitative estimate of drug-likeness (QED) is 0.932. The van der Waals surface area contributed by atoms with Gasteiger partial charge in [-0.05, 0) is 36.6 Å². The molecule has 0 aliphatic carbocycles. The van der Waals surface area contributed by atoms with E-state index < -0.39 is 0 Å². The first-order chi connectivity index (χ1) is 11.6. The smallest absolute Gasteiger partial charge is 0.252 e. The van der Waals surface area contributed by atoms with Crippen LogP contribution >= 0.6 is 0 Å². The monoisotopic (exact) mass is 323 g/mol. The summed E-state index contributed by atoms with van der Waals surface area (Å²) < 4.78 is 10.6. The Labute approximate surface area is 142 Å². The van der Waals surface area contributed by atoms with Gasteiger partial charge in [0.25, 0.3) is 5.91 Å². The van der Waals surface area contributed by atoms with Crippen LogP contribution in [0.5, 0.6) is 11.5 Å². The number of methoxy groups -OCH3 is 2. The minimum atomic E-state index is -0.0557. The second-order valence-corrected chi connectivity index (χ2v) is 5.87. The molecule has 124 valence electrons. The van der Waals surface area contributed by atoms with Gasteiger partial charge in [0, 0.05) is 5.57 Å². The Balaban J connectivity index is 1.95. The molecule has 3 rings (SSSR count). The molecular formula is C20H21NO3. The molecule has 24 heavy (non-hydrogen) atoms. The second-order valence-electron chi connectivity index (χ2n) is 5.87. The summed E-state index contributed by atoms with van der Waals surface area (Å²) in [5.74, 6) is 1.21. The average Bonchev–Trinajstić information content (AvgIpc) is 2.61. The summed E-state index contributed by atoms with van der Waals surface area (Å²) in [4.78, 5) is 12.7. The van der Waals surface area contributed by atoms with Gasteiger partial charge in [0.2, 0.25) is 0 Å². The standard InChI is InChI=1S/C20H21NO3/c1-13-11-16(14-7-5-4-6-8-14)21-20(22)19(13)15-9-10-17(23-2)18(12-15)24-3/h4-10,12,16H,11H2,1-3H3,(H,21,22). The van der Waals surface area contributed by atoms with Crippen LogP contribution in [0, 0.1) is 0 Å². The number of benzene rings is 2. The number of nitrogens with one attached hydrogen (secondary N) is 1. The second kappa shape index (κ2) is 6.79. The van der Waals surface area contributed by atoms with Crippen LogP contribution in [-0.4, -0.2) is 20.1 Å². The number of amides is 1. The third-order valence-electron chi connectivity index (χ3n) is 4.34. The van der Waals surface area contributed by atoms with Gasteiger partial charge < -0.3 is 14.8 Å². The van der Waals surface area contributed by atoms with E-state index in [2.05, 4.69) is 5.32 Å². The third kappa shape index (κ3) is 3.00. The van der Waals surface area contributed by atoms with Crippen molar-refractivity contribution < 1.29 is 14.3 Å². The number of rotatable bonds is 4. The molecule has 1 N–H and O–H groups in total. The van der Waals surface area contributed by atoms with E-state index in [1.54, 1.807) is 14.2 Å². The van der Waals surface area contributed by atoms with Crippen molar-refractivity contribution in [3.05, 3.63) is 65.2 Å². The molecule has 0 spiro atoms. The van der Waals surface area contributed by atoms with E-state index in [-0.39, 0.29) is 11.9 Å². The van der Waals surface area contributed by atoms with E-state index >= 15 is 0 Å². The van der Waals surface area contributed by atoms with E-state index in [0.717, 1.165) is 23.1 Å². The highest BCUT2D eigenvalue weighted by Crippen LogP contribution is 2.36. The van der Waals surface area contributed by atoms with E-state index in [1.807, 2.05) is 55.5 Å². The van der Waals surface area contributed by atoms with Gasteiger partial charge in [-0.15, -0.1) is 0 Å². The SMILES string of the molecule is COc1ccc(C2=C(C)CC(c3ccccc3)NC2=O)cc1OC. The van der Waals surface area contributed by atoms with Crippen LogP contribution in [0.3, 0.4) is 0 Å². The first-order valence-electron chi connectivity index (χ1n) is 7.92. The summed E-state index contributed by atoms with van der Waals surface area (Å²) in [5, 5.41) is 3.11. The van der Waals surface area contributed by atoms with E-state index in [4.69, 9.17) is 9.47 Å². The van der Waals surface area contributed by atoms with Crippen molar-refractivity contribution in [1.29, 1.82) is 0 Å². The van der Waals surface area contributed by atoms with Crippen LogP contribution in [0.2, 0.25) is 0 Å². The molecule has 0 fully saturated rings. The van der Waals surface area contributed by atoms with Crippen molar-refractivity contribution in [2.45, 2.75) is 19.4 Å². The predicted molar refractivity (Wildman–Crippen MR) is 94.1 cm³/mol. The fraction of sp³-hybridized carbons (Fsp3) is 0.250. The van der Waals surface area contributed by atoms with Crippen molar-refractivity contribution in [3.63, 3.8) is 0 Å². The summed E-state index contributed by atoms with van der Waals surface area (Å²) >= 11 is 0. The van der Waals surface area contributed by atoms with Crippen molar-refractivity contribution in [1.82, 2.24) is 5.32 Å². The van der Waals surface area contributed by atoms with Crippen LogP contribution in [0.1, 0.15) is 30.5 Å². The zero-order valence-electron chi connectivity index (χ0n) is 14.1. The molecule has 2 aromatic carbocycles. The molecule has 0 saturated heterocycles. The normalized spacial score (nSPS) is 17.5. The summed E-state index contributed by atoms with van der Waals surface area (Å²) in [5.41, 5.74) is 3.74. The lowest BCUT2D eigenvalue weighted by atomic mass is 9.89. The molecule has 1 atom stereocenters. The van der Waals surface area contributed by atoms with Gasteiger partial charge in [-0.3, -0.25) is 4.79 Å². The average molecular weight is 323 g/mol. The van der Waals surface area contributed by atoms with Crippen molar-refractivity contribution in [2.24, 2.45) is 0 Å². The lowest BCUT2D eigenvalue weighted by molar-refractivity contribution is -0.116. The molecule has 1 aliphatic rings. The third-order valence-corrected chi connectivity index (χ3v) is 4.34. The van der Waals surface area contributed by atoms with Crippen molar-refractivity contribution >= 4 is 11.5 Å². The molecule has 4 nitrogen and oxygen atoms in total. The molecule has 0 aromatic heterocycles. The molecule has 0 bridgehead atoms. The van der Waals surface area contributed by atoms with Gasteiger partial charge in [-0.25, -0.2) is 0 Å². The van der Waals surface area contributed by atoms with E-state index in [9.17, 15) is 4.79 Å². The fourth-order valence-corrected chi connectivity index (χ4v) is 3.14. The molecule has 2 aromatic rings. The summed E-state index contributed by atoms with van der Waals surface area (Å²) in [7, 11) is 3.19. The van der Waals surface area contributed by atoms with Crippen LogP contribution in [0.4, 0.5) is 0 Å². The first-order valence-corrected chi connectivity index (χ1v) is 7.92. The van der Waals surface area contributed by atoms with Crippen molar-refractivity contribution in [3.8, 4) is 11.5 Å². The van der Waals surface area contributed by atoms with Gasteiger partial charge >= 0.3 is 0 Å². The van der Waals surface area contributed by atoms with Gasteiger partial charge in [0.15, 0.2) is 11.5 Å². The lowest BCUT2D eigenvalue weighted by Gasteiger charge is -2.27. The van der Waals surface area contributed by atoms with Gasteiger partial charge in [-0.2, -0.15) is 0 Å². The Kier molecular flexibility index (Phi) is 4.56. The largest absolute Gasteiger partial charge is 0.493 e. The molecular weight excluding hydrogens is 302 g/mol. The Morgan fingerprint density at radius 2 is 1.71 bits per heavy atom. The molecule has 1 unspecified atom stereocenters. The highest BCUT2D eigenvalue weighted by Gasteiger charge is 2.27. The molecule has 0 radical (unpaired) electrons. The molecule has 0 saturated carbocycles. The van der Waals surface area contributed by atoms with Crippen molar-refractivity contribution in [2.75, 3.05) is 14.2 Å². The number of hydrogen-bond acceptors (Lipinski definition) is 3. The van der Waals surface area contributed by atoms with Crippen LogP contribution < -0.4 is 14.8 Å². The highest BCUT2D eigenvalue weighted by molar-refractivity contribution is 6.21. The minimum Gasteiger partial charge on any atom is -0.493 e. The van der Waals surface area contributed by atoms with Crippen LogP contribution in [0.15, 0.2) is 54.1 Å². The predicted octanol–water partition coefficient (Wildman–Crippen LogP) is 3.74. The topological polar surface area (TPSA) is 47.6 Å². The van der Waals surface area contributed by atoms with Crippen LogP contribution in [-0.2, 0) is 4.79 Å². The van der Waals surface area contributed by atoms with Gasteiger partial charge in [0.05, 0.1) is 20.3 Å². The first kappa shape index (κ1) is 16.1. The number of carbonyl (C=O) groups is 1. The maximum absolute atomic E-state index is 12.7. The zero-order chi connectivity index (χ0) is 17.1. The highest BCUT2D eigenvalue weighted by atomic mass is 16.5. The molecule has 1 heterocycles. The minimum absolute atomic E-state index is 0.0163. The van der Waals surface area contributed by atoms with E-state index in [0.29, 0.717) is 17.1 Å². The van der Waals surface area contributed by atoms with Gasteiger partial charge in [0.1, 0.15) is 0 Å². The van der Waals surface area contributed by atoms with Gasteiger partial charge in [-0.1, -0.05) is 42.0 Å². The van der Waals surface area contributed by atoms with E-state index in [1.165, 1.54) is 0 Å². The molecule has 1 amide bonds. The Morgan fingerprint density at radius 3 is 2.33 bits per heavy atom.